The van der Waals surface area contributed by atoms with Gasteiger partial charge in [0.05, 0.1) is 0 Å². The number of aromatic nitrogens is 1. The lowest BCUT2D eigenvalue weighted by Crippen LogP contribution is -2.06. The molecular weight excluding hydrogens is 136 g/mol. The van der Waals surface area contributed by atoms with E-state index in [-0.39, 0.29) is 0 Å². The maximum Gasteiger partial charge on any atom is 0.120 e. The quantitative estimate of drug-likeness (QED) is 0.637. The largest absolute Gasteiger partial charge is 0.295 e. The van der Waals surface area contributed by atoms with Crippen LogP contribution in [0.1, 0.15) is 5.01 Å². The second kappa shape index (κ2) is 3.55. The van der Waals surface area contributed by atoms with E-state index >= 15 is 0 Å². The van der Waals surface area contributed by atoms with Crippen LogP contribution in [0.5, 0.6) is 0 Å². The summed E-state index contributed by atoms with van der Waals surface area (Å²) in [6.45, 7) is 0.550. The van der Waals surface area contributed by atoms with Crippen molar-refractivity contribution in [3.05, 3.63) is 16.6 Å². The predicted molar refractivity (Wildman–Crippen MR) is 36.0 cm³/mol. The maximum absolute atomic E-state index is 4.88. The highest BCUT2D eigenvalue weighted by atomic mass is 32.1. The fourth-order valence-corrected chi connectivity index (χ4v) is 0.986. The highest BCUT2D eigenvalue weighted by molar-refractivity contribution is 7.09. The van der Waals surface area contributed by atoms with Crippen molar-refractivity contribution in [3.63, 3.8) is 0 Å². The molecule has 0 radical (unpaired) electrons. The van der Waals surface area contributed by atoms with Crippen LogP contribution in [0.15, 0.2) is 11.6 Å². The van der Waals surface area contributed by atoms with Gasteiger partial charge in [0.25, 0.3) is 0 Å². The van der Waals surface area contributed by atoms with Crippen LogP contribution in [0.4, 0.5) is 0 Å². The van der Waals surface area contributed by atoms with Crippen LogP contribution in [0.25, 0.3) is 0 Å². The average molecular weight is 144 g/mol. The van der Waals surface area contributed by atoms with Gasteiger partial charge in [-0.05, 0) is 0 Å². The first kappa shape index (κ1) is 6.67. The number of nitrogens with zero attached hydrogens (tertiary/aromatic N) is 1. The molecule has 0 aliphatic rings. The summed E-state index contributed by atoms with van der Waals surface area (Å²) in [6.07, 6.45) is 1.76. The van der Waals surface area contributed by atoms with Gasteiger partial charge in [0.2, 0.25) is 0 Å². The molecule has 0 amide bonds. The van der Waals surface area contributed by atoms with Gasteiger partial charge in [-0.25, -0.2) is 10.5 Å². The lowest BCUT2D eigenvalue weighted by molar-refractivity contribution is 0.0443. The smallest absolute Gasteiger partial charge is 0.120 e. The van der Waals surface area contributed by atoms with Crippen LogP contribution in [0.2, 0.25) is 0 Å². The van der Waals surface area contributed by atoms with E-state index in [1.807, 2.05) is 5.38 Å². The molecule has 0 aliphatic heterocycles. The summed E-state index contributed by atoms with van der Waals surface area (Å²) in [5.74, 6) is 0. The maximum atomic E-state index is 4.88. The molecule has 0 aliphatic carbocycles. The van der Waals surface area contributed by atoms with E-state index in [4.69, 9.17) is 4.84 Å². The fraction of sp³-hybridized carbons (Fsp3) is 0.400. The molecule has 0 atom stereocenters. The van der Waals surface area contributed by atoms with Gasteiger partial charge < -0.3 is 0 Å². The number of hydrogen-bond donors (Lipinski definition) is 1. The fourth-order valence-electron chi connectivity index (χ4n) is 0.458. The van der Waals surface area contributed by atoms with Gasteiger partial charge in [0.1, 0.15) is 11.6 Å². The average Bonchev–Trinajstić information content (AvgIpc) is 2.34. The third-order valence-electron chi connectivity index (χ3n) is 0.823. The number of nitrogens with one attached hydrogen (secondary N) is 1. The first-order chi connectivity index (χ1) is 4.43. The van der Waals surface area contributed by atoms with Crippen molar-refractivity contribution in [1.82, 2.24) is 10.5 Å². The lowest BCUT2D eigenvalue weighted by Gasteiger charge is -1.94. The van der Waals surface area contributed by atoms with E-state index in [1.54, 1.807) is 24.6 Å². The molecule has 9 heavy (non-hydrogen) atoms. The topological polar surface area (TPSA) is 34.1 Å². The molecular formula is C5H8N2OS. The summed E-state index contributed by atoms with van der Waals surface area (Å²) in [6, 6.07) is 0. The van der Waals surface area contributed by atoms with Gasteiger partial charge in [0.15, 0.2) is 0 Å². The molecule has 0 fully saturated rings. The van der Waals surface area contributed by atoms with Crippen LogP contribution in [0, 0.1) is 0 Å². The Morgan fingerprint density at radius 3 is 3.33 bits per heavy atom. The van der Waals surface area contributed by atoms with E-state index < -0.39 is 0 Å². The molecule has 0 aromatic carbocycles. The molecule has 1 rings (SSSR count). The van der Waals surface area contributed by atoms with Gasteiger partial charge in [-0.2, -0.15) is 0 Å². The van der Waals surface area contributed by atoms with Crippen molar-refractivity contribution in [2.24, 2.45) is 0 Å². The van der Waals surface area contributed by atoms with Crippen molar-refractivity contribution in [2.75, 3.05) is 7.05 Å². The summed E-state index contributed by atoms with van der Waals surface area (Å²) in [7, 11) is 1.73. The Hall–Kier alpha value is -0.450. The minimum Gasteiger partial charge on any atom is -0.295 e. The second-order valence-electron chi connectivity index (χ2n) is 1.42. The minimum absolute atomic E-state index is 0.550. The summed E-state index contributed by atoms with van der Waals surface area (Å²) < 4.78 is 0. The van der Waals surface area contributed by atoms with Crippen molar-refractivity contribution < 1.29 is 4.84 Å². The van der Waals surface area contributed by atoms with Gasteiger partial charge in [-0.1, -0.05) is 0 Å². The van der Waals surface area contributed by atoms with E-state index in [1.165, 1.54) is 0 Å². The van der Waals surface area contributed by atoms with E-state index in [0.29, 0.717) is 6.61 Å². The van der Waals surface area contributed by atoms with Crippen molar-refractivity contribution in [3.8, 4) is 0 Å². The number of thiazole rings is 1. The highest BCUT2D eigenvalue weighted by Gasteiger charge is 1.91. The Morgan fingerprint density at radius 1 is 1.89 bits per heavy atom. The molecule has 1 heterocycles. The van der Waals surface area contributed by atoms with Crippen molar-refractivity contribution >= 4 is 11.3 Å². The van der Waals surface area contributed by atoms with Crippen LogP contribution >= 0.6 is 11.3 Å². The second-order valence-corrected chi connectivity index (χ2v) is 2.40. The molecule has 0 spiro atoms. The Bertz CT molecular complexity index is 152. The Morgan fingerprint density at radius 2 is 2.78 bits per heavy atom. The minimum atomic E-state index is 0.550. The predicted octanol–water partition coefficient (Wildman–Crippen LogP) is 0.794. The van der Waals surface area contributed by atoms with Gasteiger partial charge in [0, 0.05) is 18.6 Å². The summed E-state index contributed by atoms with van der Waals surface area (Å²) in [5, 5.41) is 2.92. The molecule has 1 aromatic heterocycles. The van der Waals surface area contributed by atoms with Crippen LogP contribution < -0.4 is 5.48 Å². The zero-order chi connectivity index (χ0) is 6.53. The molecule has 0 bridgehead atoms. The number of rotatable bonds is 3. The van der Waals surface area contributed by atoms with Crippen molar-refractivity contribution in [2.45, 2.75) is 6.61 Å². The Kier molecular flexibility index (Phi) is 2.63. The third kappa shape index (κ3) is 2.09. The number of hydroxylamine groups is 1. The molecule has 0 unspecified atom stereocenters. The zero-order valence-electron chi connectivity index (χ0n) is 5.13. The zero-order valence-corrected chi connectivity index (χ0v) is 5.94. The van der Waals surface area contributed by atoms with Crippen molar-refractivity contribution in [1.29, 1.82) is 0 Å². The summed E-state index contributed by atoms with van der Waals surface area (Å²) >= 11 is 1.59. The Labute approximate surface area is 57.6 Å². The standard InChI is InChI=1S/C5H8N2OS/c1-6-8-4-5-7-2-3-9-5/h2-3,6H,4H2,1H3. The van der Waals surface area contributed by atoms with Crippen LogP contribution in [-0.2, 0) is 11.4 Å². The van der Waals surface area contributed by atoms with E-state index in [9.17, 15) is 0 Å². The normalized spacial score (nSPS) is 9.89. The SMILES string of the molecule is CNOCc1nccs1. The third-order valence-corrected chi connectivity index (χ3v) is 1.58. The van der Waals surface area contributed by atoms with E-state index in [2.05, 4.69) is 10.5 Å². The molecule has 1 aromatic rings. The van der Waals surface area contributed by atoms with Gasteiger partial charge >= 0.3 is 0 Å². The first-order valence-corrected chi connectivity index (χ1v) is 3.48. The summed E-state index contributed by atoms with van der Waals surface area (Å²) in [4.78, 5) is 8.88. The first-order valence-electron chi connectivity index (χ1n) is 2.60. The summed E-state index contributed by atoms with van der Waals surface area (Å²) in [5.41, 5.74) is 2.57. The lowest BCUT2D eigenvalue weighted by atomic mass is 10.8. The number of hydrogen-bond acceptors (Lipinski definition) is 4. The molecule has 4 heteroatoms. The highest BCUT2D eigenvalue weighted by Crippen LogP contribution is 2.03. The molecule has 50 valence electrons. The molecule has 0 saturated carbocycles. The molecule has 1 N–H and O–H groups in total. The van der Waals surface area contributed by atoms with Crippen LogP contribution in [0.3, 0.4) is 0 Å². The molecule has 0 saturated heterocycles. The monoisotopic (exact) mass is 144 g/mol. The van der Waals surface area contributed by atoms with Gasteiger partial charge in [-0.15, -0.1) is 11.3 Å². The van der Waals surface area contributed by atoms with Crippen LogP contribution in [-0.4, -0.2) is 12.0 Å². The Balaban J connectivity index is 2.30. The van der Waals surface area contributed by atoms with E-state index in [0.717, 1.165) is 5.01 Å². The molecule has 3 nitrogen and oxygen atoms in total. The van der Waals surface area contributed by atoms with Gasteiger partial charge in [-0.3, -0.25) is 4.84 Å².